The van der Waals surface area contributed by atoms with E-state index in [2.05, 4.69) is 4.98 Å². The number of aryl methyl sites for hydroxylation is 2. The number of carbonyl (C=O) groups is 1. The summed E-state index contributed by atoms with van der Waals surface area (Å²) in [4.78, 5) is 17.5. The number of esters is 1. The summed E-state index contributed by atoms with van der Waals surface area (Å²) >= 11 is 3.07. The minimum absolute atomic E-state index is 0.276. The quantitative estimate of drug-likeness (QED) is 0.643. The minimum Gasteiger partial charge on any atom is -0.456 e. The lowest BCUT2D eigenvalue weighted by atomic mass is 10.1. The van der Waals surface area contributed by atoms with Gasteiger partial charge in [-0.1, -0.05) is 29.8 Å². The lowest BCUT2D eigenvalue weighted by Crippen LogP contribution is -2.06. The van der Waals surface area contributed by atoms with Gasteiger partial charge in [0.25, 0.3) is 0 Å². The van der Waals surface area contributed by atoms with Crippen molar-refractivity contribution in [1.29, 1.82) is 0 Å². The maximum Gasteiger partial charge on any atom is 0.358 e. The lowest BCUT2D eigenvalue weighted by Gasteiger charge is -2.07. The maximum absolute atomic E-state index is 12.1. The molecule has 2 heterocycles. The van der Waals surface area contributed by atoms with Crippen molar-refractivity contribution in [3.63, 3.8) is 0 Å². The van der Waals surface area contributed by atoms with E-state index in [1.165, 1.54) is 11.3 Å². The van der Waals surface area contributed by atoms with E-state index in [0.29, 0.717) is 5.69 Å². The first kappa shape index (κ1) is 14.9. The van der Waals surface area contributed by atoms with E-state index < -0.39 is 0 Å². The van der Waals surface area contributed by atoms with Gasteiger partial charge in [-0.3, -0.25) is 0 Å². The van der Waals surface area contributed by atoms with Crippen molar-refractivity contribution < 1.29 is 9.53 Å². The minimum atomic E-state index is -0.375. The van der Waals surface area contributed by atoms with E-state index in [0.717, 1.165) is 26.6 Å². The molecule has 0 aliphatic heterocycles. The summed E-state index contributed by atoms with van der Waals surface area (Å²) in [5.41, 5.74) is 3.68. The maximum atomic E-state index is 12.1. The molecule has 1 aromatic carbocycles. The van der Waals surface area contributed by atoms with Gasteiger partial charge in [-0.15, -0.1) is 22.7 Å². The predicted molar refractivity (Wildman–Crippen MR) is 90.5 cm³/mol. The van der Waals surface area contributed by atoms with Crippen LogP contribution in [0.25, 0.3) is 9.88 Å². The third kappa shape index (κ3) is 3.26. The molecular formula is C17H15NO2S2. The zero-order valence-electron chi connectivity index (χ0n) is 12.3. The molecule has 5 heteroatoms. The van der Waals surface area contributed by atoms with Crippen molar-refractivity contribution in [2.45, 2.75) is 20.5 Å². The zero-order chi connectivity index (χ0) is 15.5. The van der Waals surface area contributed by atoms with Crippen LogP contribution in [0.4, 0.5) is 0 Å². The Bertz CT molecular complexity index is 791. The Kier molecular flexibility index (Phi) is 4.36. The Morgan fingerprint density at radius 1 is 1.23 bits per heavy atom. The summed E-state index contributed by atoms with van der Waals surface area (Å²) in [5, 5.41) is 4.60. The summed E-state index contributed by atoms with van der Waals surface area (Å²) in [6.07, 6.45) is 0. The lowest BCUT2D eigenvalue weighted by molar-refractivity contribution is 0.0466. The molecule has 0 amide bonds. The van der Waals surface area contributed by atoms with Gasteiger partial charge in [0, 0.05) is 5.38 Å². The van der Waals surface area contributed by atoms with E-state index in [9.17, 15) is 4.79 Å². The SMILES string of the molecule is Cc1ccc(C)c(COC(=O)c2csc(-c3cccs3)n2)c1. The number of aromatic nitrogens is 1. The summed E-state index contributed by atoms with van der Waals surface area (Å²) < 4.78 is 5.39. The van der Waals surface area contributed by atoms with Crippen LogP contribution < -0.4 is 0 Å². The summed E-state index contributed by atoms with van der Waals surface area (Å²) in [7, 11) is 0. The Morgan fingerprint density at radius 3 is 2.86 bits per heavy atom. The number of rotatable bonds is 4. The van der Waals surface area contributed by atoms with Gasteiger partial charge in [0.05, 0.1) is 4.88 Å². The molecule has 0 bridgehead atoms. The van der Waals surface area contributed by atoms with Gasteiger partial charge < -0.3 is 4.74 Å². The van der Waals surface area contributed by atoms with Crippen LogP contribution in [0.3, 0.4) is 0 Å². The topological polar surface area (TPSA) is 39.2 Å². The summed E-state index contributed by atoms with van der Waals surface area (Å²) in [6.45, 7) is 4.32. The molecule has 0 spiro atoms. The van der Waals surface area contributed by atoms with Crippen molar-refractivity contribution in [3.8, 4) is 9.88 Å². The number of thiophene rings is 1. The van der Waals surface area contributed by atoms with E-state index >= 15 is 0 Å². The van der Waals surface area contributed by atoms with Crippen LogP contribution in [0, 0.1) is 13.8 Å². The highest BCUT2D eigenvalue weighted by Gasteiger charge is 2.14. The second kappa shape index (κ2) is 6.42. The van der Waals surface area contributed by atoms with Gasteiger partial charge in [0.15, 0.2) is 5.69 Å². The van der Waals surface area contributed by atoms with Crippen molar-refractivity contribution >= 4 is 28.6 Å². The van der Waals surface area contributed by atoms with E-state index in [1.807, 2.05) is 49.6 Å². The average molecular weight is 329 g/mol. The van der Waals surface area contributed by atoms with Gasteiger partial charge in [-0.25, -0.2) is 9.78 Å². The van der Waals surface area contributed by atoms with Gasteiger partial charge in [0.2, 0.25) is 0 Å². The first-order chi connectivity index (χ1) is 10.6. The van der Waals surface area contributed by atoms with Crippen molar-refractivity contribution in [1.82, 2.24) is 4.98 Å². The highest BCUT2D eigenvalue weighted by molar-refractivity contribution is 7.20. The van der Waals surface area contributed by atoms with Crippen LogP contribution >= 0.6 is 22.7 Å². The molecule has 3 aromatic rings. The molecule has 0 N–H and O–H groups in total. The van der Waals surface area contributed by atoms with Gasteiger partial charge in [-0.05, 0) is 36.4 Å². The molecular weight excluding hydrogens is 314 g/mol. The number of thiazole rings is 1. The third-order valence-electron chi connectivity index (χ3n) is 3.31. The fourth-order valence-corrected chi connectivity index (χ4v) is 3.66. The number of ether oxygens (including phenoxy) is 1. The second-order valence-corrected chi connectivity index (χ2v) is 6.83. The van der Waals surface area contributed by atoms with Crippen LogP contribution in [0.2, 0.25) is 0 Å². The third-order valence-corrected chi connectivity index (χ3v) is 5.19. The number of hydrogen-bond donors (Lipinski definition) is 0. The number of carbonyl (C=O) groups excluding carboxylic acids is 1. The molecule has 22 heavy (non-hydrogen) atoms. The Morgan fingerprint density at radius 2 is 2.09 bits per heavy atom. The Labute approximate surface area is 137 Å². The first-order valence-electron chi connectivity index (χ1n) is 6.86. The molecule has 0 atom stereocenters. The van der Waals surface area contributed by atoms with Crippen LogP contribution in [0.15, 0.2) is 41.1 Å². The number of benzene rings is 1. The van der Waals surface area contributed by atoms with Gasteiger partial charge in [0.1, 0.15) is 11.6 Å². The second-order valence-electron chi connectivity index (χ2n) is 5.02. The average Bonchev–Trinajstić information content (AvgIpc) is 3.18. The Hall–Kier alpha value is -1.98. The summed E-state index contributed by atoms with van der Waals surface area (Å²) in [5.74, 6) is -0.375. The van der Waals surface area contributed by atoms with Crippen molar-refractivity contribution in [3.05, 3.63) is 63.5 Å². The summed E-state index contributed by atoms with van der Waals surface area (Å²) in [6, 6.07) is 10.1. The van der Waals surface area contributed by atoms with E-state index in [1.54, 1.807) is 16.7 Å². The molecule has 0 saturated carbocycles. The highest BCUT2D eigenvalue weighted by Crippen LogP contribution is 2.28. The molecule has 0 aliphatic carbocycles. The monoisotopic (exact) mass is 329 g/mol. The number of nitrogens with zero attached hydrogens (tertiary/aromatic N) is 1. The van der Waals surface area contributed by atoms with Crippen LogP contribution in [0.5, 0.6) is 0 Å². The molecule has 3 rings (SSSR count). The highest BCUT2D eigenvalue weighted by atomic mass is 32.1. The predicted octanol–water partition coefficient (Wildman–Crippen LogP) is 4.85. The molecule has 0 saturated heterocycles. The van der Waals surface area contributed by atoms with Crippen molar-refractivity contribution in [2.24, 2.45) is 0 Å². The van der Waals surface area contributed by atoms with Crippen LogP contribution in [-0.2, 0) is 11.3 Å². The molecule has 2 aromatic heterocycles. The smallest absolute Gasteiger partial charge is 0.358 e. The molecule has 0 fully saturated rings. The van der Waals surface area contributed by atoms with Gasteiger partial charge >= 0.3 is 5.97 Å². The number of hydrogen-bond acceptors (Lipinski definition) is 5. The van der Waals surface area contributed by atoms with E-state index in [4.69, 9.17) is 4.74 Å². The van der Waals surface area contributed by atoms with Gasteiger partial charge in [-0.2, -0.15) is 0 Å². The molecule has 0 radical (unpaired) electrons. The van der Waals surface area contributed by atoms with Crippen LogP contribution in [0.1, 0.15) is 27.2 Å². The molecule has 112 valence electrons. The van der Waals surface area contributed by atoms with Crippen LogP contribution in [-0.4, -0.2) is 11.0 Å². The zero-order valence-corrected chi connectivity index (χ0v) is 14.0. The molecule has 3 nitrogen and oxygen atoms in total. The Balaban J connectivity index is 1.69. The van der Waals surface area contributed by atoms with Crippen molar-refractivity contribution in [2.75, 3.05) is 0 Å². The fourth-order valence-electron chi connectivity index (χ4n) is 2.05. The normalized spacial score (nSPS) is 10.6. The fraction of sp³-hybridized carbons (Fsp3) is 0.176. The first-order valence-corrected chi connectivity index (χ1v) is 8.62. The largest absolute Gasteiger partial charge is 0.456 e. The standard InChI is InChI=1S/C17H15NO2S2/c1-11-5-6-12(2)13(8-11)9-20-17(19)14-10-22-16(18-14)15-4-3-7-21-15/h3-8,10H,9H2,1-2H3. The molecule has 0 aliphatic rings. The molecule has 0 unspecified atom stereocenters. The van der Waals surface area contributed by atoms with E-state index in [-0.39, 0.29) is 12.6 Å².